The molecular weight excluding hydrogens is 437 g/mol. The summed E-state index contributed by atoms with van der Waals surface area (Å²) in [5.41, 5.74) is 2.11. The zero-order valence-corrected chi connectivity index (χ0v) is 16.2. The van der Waals surface area contributed by atoms with Crippen molar-refractivity contribution in [1.82, 2.24) is 5.32 Å². The first-order valence-corrected chi connectivity index (χ1v) is 9.00. The highest BCUT2D eigenvalue weighted by Crippen LogP contribution is 2.35. The van der Waals surface area contributed by atoms with E-state index in [9.17, 15) is 0 Å². The lowest BCUT2D eigenvalue weighted by Gasteiger charge is -2.22. The maximum Gasteiger partial charge on any atom is 0.0603 e. The third-order valence-electron chi connectivity index (χ3n) is 3.14. The Labute approximate surface area is 152 Å². The Bertz CT molecular complexity index is 580. The van der Waals surface area contributed by atoms with Crippen molar-refractivity contribution in [2.75, 3.05) is 6.54 Å². The molecule has 1 N–H and O–H groups in total. The molecule has 0 spiro atoms. The molecule has 0 aliphatic rings. The van der Waals surface area contributed by atoms with Crippen LogP contribution in [0.4, 0.5) is 0 Å². The van der Waals surface area contributed by atoms with Crippen LogP contribution in [0, 0.1) is 0 Å². The van der Waals surface area contributed by atoms with E-state index in [0.717, 1.165) is 33.0 Å². The van der Waals surface area contributed by atoms with Crippen LogP contribution in [0.2, 0.25) is 10.0 Å². The molecule has 0 aliphatic carbocycles. The second-order valence-electron chi connectivity index (χ2n) is 4.72. The fraction of sp³-hybridized carbons (Fsp3) is 0.250. The molecule has 0 aliphatic heterocycles. The van der Waals surface area contributed by atoms with Gasteiger partial charge in [0.2, 0.25) is 0 Å². The van der Waals surface area contributed by atoms with Gasteiger partial charge in [0.05, 0.1) is 6.04 Å². The van der Waals surface area contributed by atoms with Crippen molar-refractivity contribution in [1.29, 1.82) is 0 Å². The summed E-state index contributed by atoms with van der Waals surface area (Å²) in [6.07, 6.45) is 1.04. The highest BCUT2D eigenvalue weighted by atomic mass is 79.9. The molecular formula is C16H15Br2Cl2N. The molecule has 2 aromatic rings. The molecule has 112 valence electrons. The lowest BCUT2D eigenvalue weighted by molar-refractivity contribution is 0.597. The lowest BCUT2D eigenvalue weighted by Crippen LogP contribution is -2.24. The van der Waals surface area contributed by atoms with E-state index in [1.165, 1.54) is 0 Å². The Kier molecular flexibility index (Phi) is 6.57. The number of halogens is 4. The van der Waals surface area contributed by atoms with Crippen LogP contribution in [0.3, 0.4) is 0 Å². The fourth-order valence-corrected chi connectivity index (χ4v) is 3.41. The third-order valence-corrected chi connectivity index (χ3v) is 4.93. The monoisotopic (exact) mass is 449 g/mol. The van der Waals surface area contributed by atoms with Crippen molar-refractivity contribution in [2.24, 2.45) is 0 Å². The second-order valence-corrected chi connectivity index (χ2v) is 7.33. The van der Waals surface area contributed by atoms with Gasteiger partial charge in [-0.05, 0) is 60.5 Å². The SMILES string of the molecule is CCCNC(c1cc(Cl)ccc1Cl)c1cc(Br)ccc1Br. The predicted octanol–water partition coefficient (Wildman–Crippen LogP) is 6.61. The minimum atomic E-state index is -0.0111. The van der Waals surface area contributed by atoms with Crippen LogP contribution < -0.4 is 5.32 Å². The van der Waals surface area contributed by atoms with Gasteiger partial charge in [0.25, 0.3) is 0 Å². The number of benzene rings is 2. The Morgan fingerprint density at radius 2 is 1.81 bits per heavy atom. The largest absolute Gasteiger partial charge is 0.306 e. The fourth-order valence-electron chi connectivity index (χ4n) is 2.15. The average Bonchev–Trinajstić information content (AvgIpc) is 2.46. The van der Waals surface area contributed by atoms with Gasteiger partial charge in [0.15, 0.2) is 0 Å². The summed E-state index contributed by atoms with van der Waals surface area (Å²) in [6, 6.07) is 11.7. The second kappa shape index (κ2) is 7.98. The highest BCUT2D eigenvalue weighted by molar-refractivity contribution is 9.11. The molecule has 5 heteroatoms. The van der Waals surface area contributed by atoms with Gasteiger partial charge in [-0.3, -0.25) is 0 Å². The molecule has 1 nitrogen and oxygen atoms in total. The molecule has 21 heavy (non-hydrogen) atoms. The van der Waals surface area contributed by atoms with Crippen LogP contribution in [0.25, 0.3) is 0 Å². The lowest BCUT2D eigenvalue weighted by atomic mass is 9.98. The Morgan fingerprint density at radius 1 is 1.05 bits per heavy atom. The standard InChI is InChI=1S/C16H15Br2Cl2N/c1-2-7-21-16(12-8-10(17)3-5-14(12)18)13-9-11(19)4-6-15(13)20/h3-6,8-9,16,21H,2,7H2,1H3. The summed E-state index contributed by atoms with van der Waals surface area (Å²) >= 11 is 19.7. The molecule has 0 saturated carbocycles. The normalized spacial score (nSPS) is 12.4. The molecule has 0 heterocycles. The topological polar surface area (TPSA) is 12.0 Å². The summed E-state index contributed by atoms with van der Waals surface area (Å²) in [5.74, 6) is 0. The number of nitrogens with one attached hydrogen (secondary N) is 1. The van der Waals surface area contributed by atoms with E-state index in [1.54, 1.807) is 6.07 Å². The Balaban J connectivity index is 2.52. The molecule has 0 radical (unpaired) electrons. The molecule has 0 aromatic heterocycles. The quantitative estimate of drug-likeness (QED) is 0.539. The van der Waals surface area contributed by atoms with Gasteiger partial charge in [-0.15, -0.1) is 0 Å². The van der Waals surface area contributed by atoms with Gasteiger partial charge >= 0.3 is 0 Å². The smallest absolute Gasteiger partial charge is 0.0603 e. The maximum atomic E-state index is 6.39. The van der Waals surface area contributed by atoms with E-state index in [4.69, 9.17) is 23.2 Å². The Hall–Kier alpha value is -0.0600. The molecule has 1 unspecified atom stereocenters. The first-order valence-electron chi connectivity index (χ1n) is 6.66. The first-order chi connectivity index (χ1) is 10.0. The van der Waals surface area contributed by atoms with E-state index in [0.29, 0.717) is 10.0 Å². The van der Waals surface area contributed by atoms with Crippen molar-refractivity contribution in [3.05, 3.63) is 66.5 Å². The summed E-state index contributed by atoms with van der Waals surface area (Å²) in [4.78, 5) is 0. The summed E-state index contributed by atoms with van der Waals surface area (Å²) in [5, 5.41) is 4.94. The van der Waals surface area contributed by atoms with Gasteiger partial charge in [-0.1, -0.05) is 62.0 Å². The van der Waals surface area contributed by atoms with Crippen molar-refractivity contribution in [3.8, 4) is 0 Å². The minimum Gasteiger partial charge on any atom is -0.306 e. The van der Waals surface area contributed by atoms with Gasteiger partial charge < -0.3 is 5.32 Å². The number of rotatable bonds is 5. The summed E-state index contributed by atoms with van der Waals surface area (Å²) in [7, 11) is 0. The molecule has 0 bridgehead atoms. The van der Waals surface area contributed by atoms with Crippen LogP contribution in [0.1, 0.15) is 30.5 Å². The molecule has 0 fully saturated rings. The van der Waals surface area contributed by atoms with Crippen LogP contribution >= 0.6 is 55.1 Å². The van der Waals surface area contributed by atoms with Crippen molar-refractivity contribution >= 4 is 55.1 Å². The summed E-state index contributed by atoms with van der Waals surface area (Å²) < 4.78 is 2.07. The molecule has 0 amide bonds. The zero-order chi connectivity index (χ0) is 15.4. The first kappa shape index (κ1) is 17.3. The van der Waals surface area contributed by atoms with Gasteiger partial charge in [0.1, 0.15) is 0 Å². The van der Waals surface area contributed by atoms with Crippen LogP contribution in [-0.2, 0) is 0 Å². The van der Waals surface area contributed by atoms with Crippen LogP contribution in [-0.4, -0.2) is 6.54 Å². The van der Waals surface area contributed by atoms with Crippen molar-refractivity contribution in [3.63, 3.8) is 0 Å². The van der Waals surface area contributed by atoms with Crippen molar-refractivity contribution < 1.29 is 0 Å². The van der Waals surface area contributed by atoms with E-state index >= 15 is 0 Å². The summed E-state index contributed by atoms with van der Waals surface area (Å²) in [6.45, 7) is 3.03. The van der Waals surface area contributed by atoms with E-state index < -0.39 is 0 Å². The number of hydrogen-bond acceptors (Lipinski definition) is 1. The number of hydrogen-bond donors (Lipinski definition) is 1. The highest BCUT2D eigenvalue weighted by Gasteiger charge is 2.19. The molecule has 2 rings (SSSR count). The molecule has 2 aromatic carbocycles. The van der Waals surface area contributed by atoms with Crippen LogP contribution in [0.15, 0.2) is 45.3 Å². The van der Waals surface area contributed by atoms with Gasteiger partial charge in [-0.25, -0.2) is 0 Å². The maximum absolute atomic E-state index is 6.39. The van der Waals surface area contributed by atoms with E-state index in [2.05, 4.69) is 50.2 Å². The van der Waals surface area contributed by atoms with Crippen molar-refractivity contribution in [2.45, 2.75) is 19.4 Å². The minimum absolute atomic E-state index is 0.0111. The van der Waals surface area contributed by atoms with E-state index in [-0.39, 0.29) is 6.04 Å². The van der Waals surface area contributed by atoms with Crippen LogP contribution in [0.5, 0.6) is 0 Å². The molecule has 1 atom stereocenters. The zero-order valence-electron chi connectivity index (χ0n) is 11.5. The van der Waals surface area contributed by atoms with Gasteiger partial charge in [0, 0.05) is 19.0 Å². The molecule has 0 saturated heterocycles. The average molecular weight is 452 g/mol. The third kappa shape index (κ3) is 4.46. The van der Waals surface area contributed by atoms with E-state index in [1.807, 2.05) is 24.3 Å². The predicted molar refractivity (Wildman–Crippen MR) is 98.4 cm³/mol. The Morgan fingerprint density at radius 3 is 2.52 bits per heavy atom. The van der Waals surface area contributed by atoms with Gasteiger partial charge in [-0.2, -0.15) is 0 Å².